The maximum atomic E-state index is 13.5. The van der Waals surface area contributed by atoms with Crippen LogP contribution in [0.5, 0.6) is 0 Å². The molecule has 3 aromatic rings. The number of imidazole rings is 1. The summed E-state index contributed by atoms with van der Waals surface area (Å²) >= 11 is 1.56. The van der Waals surface area contributed by atoms with Gasteiger partial charge in [-0.1, -0.05) is 24.8 Å². The van der Waals surface area contributed by atoms with Gasteiger partial charge in [-0.3, -0.25) is 14.1 Å². The van der Waals surface area contributed by atoms with Crippen LogP contribution >= 0.6 is 11.8 Å². The lowest BCUT2D eigenvalue weighted by atomic mass is 9.90. The fourth-order valence-corrected chi connectivity index (χ4v) is 7.09. The lowest BCUT2D eigenvalue weighted by Crippen LogP contribution is -2.56. The number of likely N-dealkylation sites (tertiary alicyclic amines) is 2. The van der Waals surface area contributed by atoms with Crippen LogP contribution in [0, 0.1) is 5.82 Å². The Labute approximate surface area is 243 Å². The largest absolute Gasteiger partial charge is 0.391 e. The number of β-amino-alcohol motifs (C(OH)–C–C–N with tert-alkyl or cyclic N) is 1. The number of nitrogens with one attached hydrogen (secondary N) is 1. The van der Waals surface area contributed by atoms with Gasteiger partial charge in [0.15, 0.2) is 5.50 Å². The predicted molar refractivity (Wildman–Crippen MR) is 159 cm³/mol. The van der Waals surface area contributed by atoms with E-state index in [-0.39, 0.29) is 29.9 Å². The summed E-state index contributed by atoms with van der Waals surface area (Å²) in [4.78, 5) is 24.3. The van der Waals surface area contributed by atoms with Crippen molar-refractivity contribution in [2.75, 3.05) is 51.3 Å². The molecule has 11 heteroatoms. The first-order valence-corrected chi connectivity index (χ1v) is 15.2. The van der Waals surface area contributed by atoms with Gasteiger partial charge in [-0.05, 0) is 79.7 Å². The molecule has 3 aliphatic heterocycles. The molecular formula is C30H37FN6O3S. The third-order valence-corrected chi connectivity index (χ3v) is 9.69. The SMILES string of the molecule is CCc1nc2ccc(C3CCN(CC(=O)N4CC(O)C4)CC3)cn2c1N(C)C1NC(c2ccc(F)cc2)=C(CO)S1. The van der Waals surface area contributed by atoms with E-state index in [4.69, 9.17) is 4.98 Å². The van der Waals surface area contributed by atoms with E-state index in [1.165, 1.54) is 17.7 Å². The van der Waals surface area contributed by atoms with E-state index >= 15 is 0 Å². The summed E-state index contributed by atoms with van der Waals surface area (Å²) in [7, 11) is 2.04. The first kappa shape index (κ1) is 28.0. The molecule has 2 aromatic heterocycles. The van der Waals surface area contributed by atoms with Gasteiger partial charge < -0.3 is 25.3 Å². The number of hydrogen-bond acceptors (Lipinski definition) is 8. The van der Waals surface area contributed by atoms with Crippen molar-refractivity contribution < 1.29 is 19.4 Å². The number of aryl methyl sites for hydroxylation is 1. The molecule has 0 saturated carbocycles. The first-order valence-electron chi connectivity index (χ1n) is 14.3. The number of hydrogen-bond donors (Lipinski definition) is 3. The summed E-state index contributed by atoms with van der Waals surface area (Å²) in [5.74, 6) is 1.22. The summed E-state index contributed by atoms with van der Waals surface area (Å²) < 4.78 is 15.7. The van der Waals surface area contributed by atoms with E-state index in [1.807, 2.05) is 7.05 Å². The highest BCUT2D eigenvalue weighted by Gasteiger charge is 2.32. The van der Waals surface area contributed by atoms with Crippen molar-refractivity contribution in [2.45, 2.75) is 43.7 Å². The Hall–Kier alpha value is -3.12. The quantitative estimate of drug-likeness (QED) is 0.375. The normalized spacial score (nSPS) is 20.5. The van der Waals surface area contributed by atoms with E-state index in [2.05, 4.69) is 44.8 Å². The number of rotatable bonds is 8. The summed E-state index contributed by atoms with van der Waals surface area (Å²) in [6.07, 6.45) is 4.58. The number of benzene rings is 1. The van der Waals surface area contributed by atoms with Crippen LogP contribution in [0.4, 0.5) is 10.2 Å². The standard InChI is InChI=1S/C30H37FN6O3S/c1-3-24-29(34(2)30-33-28(25(18-38)41-30)20-4-7-22(31)8-5-20)37-14-21(6-9-26(37)32-24)19-10-12-35(13-11-19)17-27(40)36-15-23(39)16-36/h4-9,14,19,23,30,33,38-39H,3,10-13,15-18H2,1-2H3. The topological polar surface area (TPSA) is 96.6 Å². The lowest BCUT2D eigenvalue weighted by Gasteiger charge is -2.38. The number of thioether (sulfide) groups is 1. The van der Waals surface area contributed by atoms with Gasteiger partial charge >= 0.3 is 0 Å². The number of anilines is 1. The Morgan fingerprint density at radius 2 is 1.90 bits per heavy atom. The zero-order valence-corrected chi connectivity index (χ0v) is 24.3. The molecule has 1 unspecified atom stereocenters. The highest BCUT2D eigenvalue weighted by atomic mass is 32.2. The van der Waals surface area contributed by atoms with Gasteiger partial charge in [0.05, 0.1) is 30.6 Å². The number of pyridine rings is 1. The molecule has 3 N–H and O–H groups in total. The lowest BCUT2D eigenvalue weighted by molar-refractivity contribution is -0.142. The van der Waals surface area contributed by atoms with E-state index in [0.717, 1.165) is 65.7 Å². The van der Waals surface area contributed by atoms with Crippen molar-refractivity contribution >= 4 is 34.8 Å². The van der Waals surface area contributed by atoms with Gasteiger partial charge in [-0.15, -0.1) is 0 Å². The van der Waals surface area contributed by atoms with E-state index in [0.29, 0.717) is 25.6 Å². The second kappa shape index (κ2) is 11.6. The number of piperidine rings is 1. The molecule has 0 radical (unpaired) electrons. The molecular weight excluding hydrogens is 543 g/mol. The van der Waals surface area contributed by atoms with Crippen molar-refractivity contribution in [3.05, 3.63) is 70.1 Å². The van der Waals surface area contributed by atoms with Gasteiger partial charge in [-0.2, -0.15) is 0 Å². The minimum Gasteiger partial charge on any atom is -0.391 e. The molecule has 0 bridgehead atoms. The fourth-order valence-electron chi connectivity index (χ4n) is 6.02. The van der Waals surface area contributed by atoms with Gasteiger partial charge in [0.25, 0.3) is 0 Å². The number of nitrogens with zero attached hydrogens (tertiary/aromatic N) is 5. The second-order valence-corrected chi connectivity index (χ2v) is 12.3. The molecule has 1 atom stereocenters. The number of aliphatic hydroxyl groups excluding tert-OH is 2. The number of aliphatic hydroxyl groups is 2. The maximum Gasteiger partial charge on any atom is 0.236 e. The number of carbonyl (C=O) groups is 1. The molecule has 1 aromatic carbocycles. The van der Waals surface area contributed by atoms with Gasteiger partial charge in [-0.25, -0.2) is 9.37 Å². The minimum absolute atomic E-state index is 0.100. The summed E-state index contributed by atoms with van der Waals surface area (Å²) in [6, 6.07) is 10.6. The third kappa shape index (κ3) is 5.55. The van der Waals surface area contributed by atoms with Crippen LogP contribution in [0.3, 0.4) is 0 Å². The van der Waals surface area contributed by atoms with Gasteiger partial charge in [0.2, 0.25) is 5.91 Å². The Morgan fingerprint density at radius 1 is 1.17 bits per heavy atom. The number of halogens is 1. The van der Waals surface area contributed by atoms with Crippen LogP contribution in [0.25, 0.3) is 11.3 Å². The van der Waals surface area contributed by atoms with Crippen LogP contribution in [0.2, 0.25) is 0 Å². The number of carbonyl (C=O) groups excluding carboxylic acids is 1. The zero-order chi connectivity index (χ0) is 28.7. The van der Waals surface area contributed by atoms with Crippen LogP contribution in [0.1, 0.15) is 42.5 Å². The van der Waals surface area contributed by atoms with Gasteiger partial charge in [0.1, 0.15) is 17.3 Å². The molecule has 0 spiro atoms. The summed E-state index contributed by atoms with van der Waals surface area (Å²) in [5.41, 5.74) is 4.64. The Morgan fingerprint density at radius 3 is 2.56 bits per heavy atom. The molecule has 41 heavy (non-hydrogen) atoms. The maximum absolute atomic E-state index is 13.5. The van der Waals surface area contributed by atoms with E-state index < -0.39 is 0 Å². The van der Waals surface area contributed by atoms with Crippen molar-refractivity contribution in [3.63, 3.8) is 0 Å². The van der Waals surface area contributed by atoms with Crippen LogP contribution < -0.4 is 10.2 Å². The highest BCUT2D eigenvalue weighted by Crippen LogP contribution is 2.39. The average molecular weight is 581 g/mol. The van der Waals surface area contributed by atoms with Gasteiger partial charge in [0, 0.05) is 31.2 Å². The molecule has 0 aliphatic carbocycles. The summed E-state index contributed by atoms with van der Waals surface area (Å²) in [6.45, 7) is 5.07. The molecule has 1 amide bonds. The molecule has 2 fully saturated rings. The highest BCUT2D eigenvalue weighted by molar-refractivity contribution is 8.04. The van der Waals surface area contributed by atoms with Crippen LogP contribution in [-0.2, 0) is 11.2 Å². The predicted octanol–water partition coefficient (Wildman–Crippen LogP) is 2.84. The summed E-state index contributed by atoms with van der Waals surface area (Å²) in [5, 5.41) is 23.1. The van der Waals surface area contributed by atoms with Crippen LogP contribution in [-0.4, -0.2) is 93.3 Å². The van der Waals surface area contributed by atoms with Crippen LogP contribution in [0.15, 0.2) is 47.5 Å². The molecule has 9 nitrogen and oxygen atoms in total. The Balaban J connectivity index is 1.18. The molecule has 218 valence electrons. The van der Waals surface area contributed by atoms with E-state index in [1.54, 1.807) is 28.8 Å². The first-order chi connectivity index (χ1) is 19.8. The van der Waals surface area contributed by atoms with E-state index in [9.17, 15) is 19.4 Å². The fraction of sp³-hybridized carbons (Fsp3) is 0.467. The monoisotopic (exact) mass is 580 g/mol. The number of amides is 1. The molecule has 5 heterocycles. The van der Waals surface area contributed by atoms with Crippen molar-refractivity contribution in [1.29, 1.82) is 0 Å². The Bertz CT molecular complexity index is 1450. The third-order valence-electron chi connectivity index (χ3n) is 8.42. The minimum atomic E-state index is -0.368. The smallest absolute Gasteiger partial charge is 0.236 e. The number of fused-ring (bicyclic) bond motifs is 1. The number of aromatic nitrogens is 2. The Kier molecular flexibility index (Phi) is 7.95. The van der Waals surface area contributed by atoms with Crippen molar-refractivity contribution in [1.82, 2.24) is 24.5 Å². The van der Waals surface area contributed by atoms with Crippen molar-refractivity contribution in [2.24, 2.45) is 0 Å². The van der Waals surface area contributed by atoms with Crippen molar-refractivity contribution in [3.8, 4) is 0 Å². The molecule has 2 saturated heterocycles. The average Bonchev–Trinajstić information content (AvgIpc) is 3.57. The molecule has 3 aliphatic rings. The molecule has 6 rings (SSSR count). The second-order valence-electron chi connectivity index (χ2n) is 11.1. The zero-order valence-electron chi connectivity index (χ0n) is 23.5.